The summed E-state index contributed by atoms with van der Waals surface area (Å²) in [6.45, 7) is 0. The van der Waals surface area contributed by atoms with E-state index < -0.39 is 5.97 Å². The number of hydrogen-bond donors (Lipinski definition) is 0. The maximum absolute atomic E-state index is 11.3. The van der Waals surface area contributed by atoms with Gasteiger partial charge in [-0.05, 0) is 11.6 Å². The van der Waals surface area contributed by atoms with Crippen LogP contribution in [-0.4, -0.2) is 46.1 Å². The molecule has 6 heteroatoms. The third-order valence-corrected chi connectivity index (χ3v) is 2.04. The number of pyridine rings is 1. The van der Waals surface area contributed by atoms with Crippen LogP contribution in [0, 0.1) is 0 Å². The number of rotatable bonds is 5. The number of nitrogens with zero attached hydrogens (tertiary/aromatic N) is 1. The van der Waals surface area contributed by atoms with Crippen LogP contribution in [0.1, 0.15) is 16.1 Å². The van der Waals surface area contributed by atoms with Gasteiger partial charge >= 0.3 is 5.97 Å². The van der Waals surface area contributed by atoms with Crippen molar-refractivity contribution < 1.29 is 19.1 Å². The van der Waals surface area contributed by atoms with Gasteiger partial charge in [-0.15, -0.1) is 0 Å². The maximum atomic E-state index is 11.3. The maximum Gasteiger partial charge on any atom is 0.356 e. The van der Waals surface area contributed by atoms with Gasteiger partial charge in [-0.1, -0.05) is 0 Å². The fourth-order valence-electron chi connectivity index (χ4n) is 1.19. The van der Waals surface area contributed by atoms with Gasteiger partial charge in [-0.2, -0.15) is 0 Å². The van der Waals surface area contributed by atoms with E-state index in [1.165, 1.54) is 13.3 Å². The van der Waals surface area contributed by atoms with E-state index in [-0.39, 0.29) is 12.1 Å². The molecule has 1 rings (SSSR count). The molecule has 0 amide bonds. The van der Waals surface area contributed by atoms with Gasteiger partial charge in [0.15, 0.2) is 22.0 Å². The standard InChI is InChI=1S/C10H10NO4.Al/c1-14-8-5-7(3-4-12)9(11-6-8)10(13)15-2;/h4-6H,1,3H2,2H3;. The van der Waals surface area contributed by atoms with Crippen LogP contribution >= 0.6 is 0 Å². The number of carbonyl (C=O) groups is 2. The summed E-state index contributed by atoms with van der Waals surface area (Å²) < 4.78 is 9.75. The van der Waals surface area contributed by atoms with Crippen molar-refractivity contribution in [1.82, 2.24) is 4.98 Å². The number of aromatic nitrogens is 1. The van der Waals surface area contributed by atoms with E-state index in [0.717, 1.165) is 0 Å². The lowest BCUT2D eigenvalue weighted by Crippen LogP contribution is -2.10. The van der Waals surface area contributed by atoms with Crippen LogP contribution in [0.5, 0.6) is 5.75 Å². The molecule has 0 unspecified atom stereocenters. The summed E-state index contributed by atoms with van der Waals surface area (Å²) in [4.78, 5) is 25.7. The zero-order valence-corrected chi connectivity index (χ0v) is 9.96. The number of aldehydes is 1. The molecule has 0 bridgehead atoms. The molecule has 0 aliphatic carbocycles. The van der Waals surface area contributed by atoms with E-state index in [0.29, 0.717) is 23.1 Å². The lowest BCUT2D eigenvalue weighted by molar-refractivity contribution is -0.107. The molecule has 5 nitrogen and oxygen atoms in total. The van der Waals surface area contributed by atoms with E-state index in [2.05, 4.69) is 26.0 Å². The van der Waals surface area contributed by atoms with Crippen LogP contribution in [0.25, 0.3) is 0 Å². The largest absolute Gasteiger partial charge is 0.510 e. The van der Waals surface area contributed by atoms with Crippen molar-refractivity contribution in [2.75, 3.05) is 12.6 Å². The SMILES string of the molecule is COC(=O)c1ncc(O[CH2][Al])cc1CC=O. The number of methoxy groups -OCH3 is 1. The summed E-state index contributed by atoms with van der Waals surface area (Å²) in [5.41, 5.74) is 1.06. The second-order valence-electron chi connectivity index (χ2n) is 2.85. The van der Waals surface area contributed by atoms with E-state index in [9.17, 15) is 9.59 Å². The van der Waals surface area contributed by atoms with Crippen LogP contribution < -0.4 is 4.74 Å². The molecule has 2 radical (unpaired) electrons. The fourth-order valence-corrected chi connectivity index (χ4v) is 1.38. The van der Waals surface area contributed by atoms with Crippen molar-refractivity contribution in [3.05, 3.63) is 23.5 Å². The molecule has 0 atom stereocenters. The topological polar surface area (TPSA) is 65.5 Å². The van der Waals surface area contributed by atoms with E-state index in [4.69, 9.17) is 4.74 Å². The normalized spacial score (nSPS) is 9.56. The van der Waals surface area contributed by atoms with Gasteiger partial charge in [0.25, 0.3) is 0 Å². The first-order valence-electron chi connectivity index (χ1n) is 4.56. The Morgan fingerprint density at radius 3 is 2.94 bits per heavy atom. The molecule has 0 N–H and O–H groups in total. The minimum atomic E-state index is -0.561. The highest BCUT2D eigenvalue weighted by atomic mass is 27.0. The summed E-state index contributed by atoms with van der Waals surface area (Å²) >= 11 is 2.40. The molecule has 0 aromatic carbocycles. The zero-order chi connectivity index (χ0) is 12.0. The van der Waals surface area contributed by atoms with Gasteiger partial charge in [0.05, 0.1) is 13.3 Å². The van der Waals surface area contributed by atoms with Gasteiger partial charge in [-0.25, -0.2) is 9.78 Å². The van der Waals surface area contributed by atoms with Crippen LogP contribution in [-0.2, 0) is 16.0 Å². The minimum Gasteiger partial charge on any atom is -0.510 e. The van der Waals surface area contributed by atoms with Crippen molar-refractivity contribution >= 4 is 28.5 Å². The first kappa shape index (κ1) is 12.7. The van der Waals surface area contributed by atoms with Crippen LogP contribution in [0.4, 0.5) is 0 Å². The highest BCUT2D eigenvalue weighted by molar-refractivity contribution is 6.08. The zero-order valence-electron chi connectivity index (χ0n) is 8.80. The average Bonchev–Trinajstić information content (AvgIpc) is 2.29. The monoisotopic (exact) mass is 235 g/mol. The summed E-state index contributed by atoms with van der Waals surface area (Å²) in [5.74, 6) is -0.0474. The average molecular weight is 235 g/mol. The first-order chi connectivity index (χ1) is 7.72. The Labute approximate surface area is 101 Å². The quantitative estimate of drug-likeness (QED) is 0.412. The van der Waals surface area contributed by atoms with E-state index in [1.54, 1.807) is 6.07 Å². The molecule has 0 saturated heterocycles. The third-order valence-electron chi connectivity index (χ3n) is 1.87. The van der Waals surface area contributed by atoms with Gasteiger partial charge in [0.2, 0.25) is 0 Å². The minimum absolute atomic E-state index is 0.103. The van der Waals surface area contributed by atoms with Crippen LogP contribution in [0.15, 0.2) is 12.3 Å². The molecular weight excluding hydrogens is 225 g/mol. The smallest absolute Gasteiger partial charge is 0.356 e. The molecule has 0 aliphatic rings. The Kier molecular flexibility index (Phi) is 4.96. The summed E-state index contributed by atoms with van der Waals surface area (Å²) in [5, 5.41) is 0. The fraction of sp³-hybridized carbons (Fsp3) is 0.300. The molecule has 0 spiro atoms. The predicted octanol–water partition coefficient (Wildman–Crippen LogP) is 0.114. The van der Waals surface area contributed by atoms with Crippen molar-refractivity contribution in [1.29, 1.82) is 0 Å². The van der Waals surface area contributed by atoms with Gasteiger partial charge in [-0.3, -0.25) is 0 Å². The lowest BCUT2D eigenvalue weighted by Gasteiger charge is -2.08. The second-order valence-corrected chi connectivity index (χ2v) is 3.19. The van der Waals surface area contributed by atoms with Gasteiger partial charge < -0.3 is 14.3 Å². The molecule has 1 aromatic rings. The Hall–Kier alpha value is -1.38. The summed E-state index contributed by atoms with van der Waals surface area (Å²) in [7, 11) is 1.27. The number of esters is 1. The number of ether oxygens (including phenoxy) is 2. The predicted molar refractivity (Wildman–Crippen MR) is 56.6 cm³/mol. The van der Waals surface area contributed by atoms with Gasteiger partial charge in [0, 0.05) is 11.9 Å². The van der Waals surface area contributed by atoms with E-state index >= 15 is 0 Å². The molecular formula is C10H10AlNO4. The highest BCUT2D eigenvalue weighted by Crippen LogP contribution is 2.16. The Morgan fingerprint density at radius 2 is 2.38 bits per heavy atom. The van der Waals surface area contributed by atoms with Crippen molar-refractivity contribution in [3.63, 3.8) is 0 Å². The Bertz CT molecular complexity index is 394. The van der Waals surface area contributed by atoms with Crippen molar-refractivity contribution in [2.45, 2.75) is 6.42 Å². The lowest BCUT2D eigenvalue weighted by atomic mass is 10.1. The van der Waals surface area contributed by atoms with Crippen molar-refractivity contribution in [3.8, 4) is 5.75 Å². The van der Waals surface area contributed by atoms with Gasteiger partial charge in [0.1, 0.15) is 12.0 Å². The van der Waals surface area contributed by atoms with Crippen LogP contribution in [0.2, 0.25) is 0 Å². The number of carbonyl (C=O) groups excluding carboxylic acids is 2. The summed E-state index contributed by atoms with van der Waals surface area (Å²) in [6.07, 6.45) is 2.23. The summed E-state index contributed by atoms with van der Waals surface area (Å²) in [6, 6.07) is 1.61. The van der Waals surface area contributed by atoms with E-state index in [1.807, 2.05) is 0 Å². The number of hydrogen-bond acceptors (Lipinski definition) is 5. The Balaban J connectivity index is 3.08. The molecule has 16 heavy (non-hydrogen) atoms. The second kappa shape index (κ2) is 6.26. The molecule has 0 saturated carbocycles. The molecule has 0 aliphatic heterocycles. The van der Waals surface area contributed by atoms with Crippen LogP contribution in [0.3, 0.4) is 0 Å². The molecule has 1 heterocycles. The Morgan fingerprint density at radius 1 is 1.62 bits per heavy atom. The van der Waals surface area contributed by atoms with Crippen molar-refractivity contribution in [2.24, 2.45) is 0 Å². The molecule has 1 aromatic heterocycles. The third kappa shape index (κ3) is 3.06. The highest BCUT2D eigenvalue weighted by Gasteiger charge is 2.14. The molecule has 0 fully saturated rings. The molecule has 82 valence electrons. The first-order valence-corrected chi connectivity index (χ1v) is 5.38.